The highest BCUT2D eigenvalue weighted by atomic mass is 35.5. The molecule has 0 spiro atoms. The van der Waals surface area contributed by atoms with Crippen molar-refractivity contribution < 1.29 is 18.3 Å². The van der Waals surface area contributed by atoms with Crippen molar-refractivity contribution in [3.05, 3.63) is 35.9 Å². The number of rotatable bonds is 4. The summed E-state index contributed by atoms with van der Waals surface area (Å²) in [4.78, 5) is 20.1. The maximum absolute atomic E-state index is 15.1. The van der Waals surface area contributed by atoms with Crippen molar-refractivity contribution in [2.45, 2.75) is 31.2 Å². The van der Waals surface area contributed by atoms with Gasteiger partial charge >= 0.3 is 0 Å². The summed E-state index contributed by atoms with van der Waals surface area (Å²) in [7, 11) is 1.63. The van der Waals surface area contributed by atoms with Gasteiger partial charge < -0.3 is 14.5 Å². The quantitative estimate of drug-likeness (QED) is 0.732. The van der Waals surface area contributed by atoms with Crippen molar-refractivity contribution in [1.82, 2.24) is 19.7 Å². The monoisotopic (exact) mass is 439 g/mol. The fourth-order valence-corrected chi connectivity index (χ4v) is 4.33. The molecule has 162 valence electrons. The number of halogens is 3. The van der Waals surface area contributed by atoms with Crippen LogP contribution in [0.15, 0.2) is 30.9 Å². The van der Waals surface area contributed by atoms with Crippen LogP contribution < -0.4 is 4.90 Å². The predicted octanol–water partition coefficient (Wildman–Crippen LogP) is 3.02. The molecule has 0 bridgehead atoms. The number of aromatic nitrogens is 3. The van der Waals surface area contributed by atoms with E-state index in [1.54, 1.807) is 30.4 Å². The molecule has 2 saturated heterocycles. The fourth-order valence-electron chi connectivity index (χ4n) is 4.20. The van der Waals surface area contributed by atoms with E-state index >= 15 is 8.78 Å². The zero-order valence-corrected chi connectivity index (χ0v) is 17.4. The van der Waals surface area contributed by atoms with Gasteiger partial charge in [0.05, 0.1) is 35.3 Å². The first-order chi connectivity index (χ1) is 14.4. The minimum absolute atomic E-state index is 0.0467. The lowest BCUT2D eigenvalue weighted by Crippen LogP contribution is -2.55. The molecule has 10 heteroatoms. The summed E-state index contributed by atoms with van der Waals surface area (Å²) in [5.74, 6) is -4.98. The summed E-state index contributed by atoms with van der Waals surface area (Å²) < 4.78 is 37.1. The molecule has 7 nitrogen and oxygen atoms in total. The molecule has 1 amide bonds. The Morgan fingerprint density at radius 2 is 2.03 bits per heavy atom. The molecule has 30 heavy (non-hydrogen) atoms. The van der Waals surface area contributed by atoms with Crippen LogP contribution in [0.1, 0.15) is 19.3 Å². The molecule has 4 rings (SSSR count). The number of amides is 1. The number of piperidine rings is 1. The number of carbonyl (C=O) groups excluding carboxylic acids is 1. The Balaban J connectivity index is 1.52. The second-order valence-corrected chi connectivity index (χ2v) is 8.22. The van der Waals surface area contributed by atoms with E-state index < -0.39 is 24.3 Å². The molecule has 2 fully saturated rings. The molecular weight excluding hydrogens is 416 g/mol. The molecule has 1 unspecified atom stereocenters. The fraction of sp³-hybridized carbons (Fsp3) is 0.550. The molecule has 0 aromatic carbocycles. The van der Waals surface area contributed by atoms with Crippen molar-refractivity contribution in [2.75, 3.05) is 38.3 Å². The Morgan fingerprint density at radius 3 is 2.70 bits per heavy atom. The molecule has 0 radical (unpaired) electrons. The van der Waals surface area contributed by atoms with Gasteiger partial charge in [-0.05, 0) is 25.3 Å². The van der Waals surface area contributed by atoms with E-state index in [-0.39, 0.29) is 12.5 Å². The summed E-state index contributed by atoms with van der Waals surface area (Å²) >= 11 is 5.96. The van der Waals surface area contributed by atoms with Crippen LogP contribution in [0.2, 0.25) is 5.02 Å². The maximum Gasteiger partial charge on any atom is 0.276 e. The average molecular weight is 440 g/mol. The van der Waals surface area contributed by atoms with Gasteiger partial charge in [-0.2, -0.15) is 5.10 Å². The standard InChI is InChI=1S/C20H24ClF2N5O2/c1-26(15-4-8-30-9-5-15)19(29)16-3-7-27(13-20(16,22)23)18-11-24-6-2-17(18)28-12-14(21)10-25-28/h2,6,10-12,15-16H,3-5,7-9,13H2,1H3. The van der Waals surface area contributed by atoms with Crippen LogP contribution >= 0.6 is 11.6 Å². The summed E-state index contributed by atoms with van der Waals surface area (Å²) in [6.07, 6.45) is 7.63. The van der Waals surface area contributed by atoms with Gasteiger partial charge in [-0.25, -0.2) is 13.5 Å². The van der Waals surface area contributed by atoms with Crippen molar-refractivity contribution >= 4 is 23.2 Å². The number of alkyl halides is 2. The van der Waals surface area contributed by atoms with E-state index in [0.29, 0.717) is 49.0 Å². The van der Waals surface area contributed by atoms with Gasteiger partial charge in [0.2, 0.25) is 5.91 Å². The van der Waals surface area contributed by atoms with E-state index in [1.807, 2.05) is 0 Å². The van der Waals surface area contributed by atoms with Gasteiger partial charge in [-0.15, -0.1) is 0 Å². The average Bonchev–Trinajstić information content (AvgIpc) is 3.19. The number of hydrogen-bond acceptors (Lipinski definition) is 5. The minimum Gasteiger partial charge on any atom is -0.381 e. The van der Waals surface area contributed by atoms with Gasteiger partial charge in [0, 0.05) is 45.2 Å². The lowest BCUT2D eigenvalue weighted by Gasteiger charge is -2.42. The highest BCUT2D eigenvalue weighted by Crippen LogP contribution is 2.38. The highest BCUT2D eigenvalue weighted by molar-refractivity contribution is 6.30. The lowest BCUT2D eigenvalue weighted by molar-refractivity contribution is -0.154. The molecule has 2 aliphatic rings. The number of ether oxygens (including phenoxy) is 1. The number of nitrogens with zero attached hydrogens (tertiary/aromatic N) is 5. The summed E-state index contributed by atoms with van der Waals surface area (Å²) in [5.41, 5.74) is 1.14. The van der Waals surface area contributed by atoms with E-state index in [1.165, 1.54) is 22.0 Å². The molecule has 0 aliphatic carbocycles. The van der Waals surface area contributed by atoms with Gasteiger partial charge in [0.25, 0.3) is 5.92 Å². The number of hydrogen-bond donors (Lipinski definition) is 0. The van der Waals surface area contributed by atoms with Crippen LogP contribution in [0.25, 0.3) is 5.69 Å². The molecule has 1 atom stereocenters. The Bertz CT molecular complexity index is 903. The Morgan fingerprint density at radius 1 is 1.27 bits per heavy atom. The van der Waals surface area contributed by atoms with Crippen LogP contribution in [-0.2, 0) is 9.53 Å². The largest absolute Gasteiger partial charge is 0.381 e. The van der Waals surface area contributed by atoms with E-state index in [0.717, 1.165) is 0 Å². The molecular formula is C20H24ClF2N5O2. The van der Waals surface area contributed by atoms with Crippen LogP contribution in [-0.4, -0.2) is 70.9 Å². The van der Waals surface area contributed by atoms with Crippen LogP contribution in [0.5, 0.6) is 0 Å². The summed E-state index contributed by atoms with van der Waals surface area (Å²) in [5, 5.41) is 4.62. The van der Waals surface area contributed by atoms with Crippen molar-refractivity contribution in [2.24, 2.45) is 5.92 Å². The Labute approximate surface area is 178 Å². The summed E-state index contributed by atoms with van der Waals surface area (Å²) in [6.45, 7) is 0.872. The first kappa shape index (κ1) is 21.0. The van der Waals surface area contributed by atoms with Crippen LogP contribution in [0.3, 0.4) is 0 Å². The smallest absolute Gasteiger partial charge is 0.276 e. The maximum atomic E-state index is 15.1. The van der Waals surface area contributed by atoms with Gasteiger partial charge in [0.15, 0.2) is 0 Å². The van der Waals surface area contributed by atoms with Crippen molar-refractivity contribution in [3.8, 4) is 5.69 Å². The number of anilines is 1. The van der Waals surface area contributed by atoms with Gasteiger partial charge in [0.1, 0.15) is 5.92 Å². The Hall–Kier alpha value is -2.26. The number of carbonyl (C=O) groups is 1. The molecule has 2 aromatic heterocycles. The van der Waals surface area contributed by atoms with Crippen molar-refractivity contribution in [3.63, 3.8) is 0 Å². The second kappa shape index (κ2) is 8.47. The van der Waals surface area contributed by atoms with Crippen LogP contribution in [0, 0.1) is 5.92 Å². The zero-order valence-electron chi connectivity index (χ0n) is 16.7. The van der Waals surface area contributed by atoms with Gasteiger partial charge in [-0.1, -0.05) is 11.6 Å². The predicted molar refractivity (Wildman–Crippen MR) is 108 cm³/mol. The third kappa shape index (κ3) is 4.13. The third-order valence-corrected chi connectivity index (χ3v) is 6.09. The number of pyridine rings is 1. The second-order valence-electron chi connectivity index (χ2n) is 7.78. The first-order valence-electron chi connectivity index (χ1n) is 9.98. The Kier molecular flexibility index (Phi) is 5.92. The van der Waals surface area contributed by atoms with E-state index in [4.69, 9.17) is 16.3 Å². The van der Waals surface area contributed by atoms with Crippen molar-refractivity contribution in [1.29, 1.82) is 0 Å². The topological polar surface area (TPSA) is 63.5 Å². The molecule has 2 aliphatic heterocycles. The first-order valence-corrected chi connectivity index (χ1v) is 10.4. The molecule has 0 N–H and O–H groups in total. The normalized spacial score (nSPS) is 22.1. The lowest BCUT2D eigenvalue weighted by atomic mass is 9.90. The summed E-state index contributed by atoms with van der Waals surface area (Å²) in [6, 6.07) is 1.65. The van der Waals surface area contributed by atoms with Gasteiger partial charge in [-0.3, -0.25) is 9.78 Å². The van der Waals surface area contributed by atoms with Crippen LogP contribution in [0.4, 0.5) is 14.5 Å². The minimum atomic E-state index is -3.16. The SMILES string of the molecule is CN(C(=O)C1CCN(c2cnccc2-n2cc(Cl)cn2)CC1(F)F)C1CCOCC1. The zero-order chi connectivity index (χ0) is 21.3. The highest BCUT2D eigenvalue weighted by Gasteiger charge is 2.50. The van der Waals surface area contributed by atoms with E-state index in [9.17, 15) is 4.79 Å². The third-order valence-electron chi connectivity index (χ3n) is 5.90. The molecule has 2 aromatic rings. The molecule has 0 saturated carbocycles. The molecule has 4 heterocycles. The van der Waals surface area contributed by atoms with E-state index in [2.05, 4.69) is 10.1 Å².